The van der Waals surface area contributed by atoms with Crippen molar-refractivity contribution in [2.75, 3.05) is 11.9 Å². The molecule has 0 amide bonds. The van der Waals surface area contributed by atoms with Crippen molar-refractivity contribution in [3.05, 3.63) is 22.2 Å². The quantitative estimate of drug-likeness (QED) is 0.745. The number of anilines is 1. The summed E-state index contributed by atoms with van der Waals surface area (Å²) >= 11 is 0. The zero-order chi connectivity index (χ0) is 13.2. The van der Waals surface area contributed by atoms with E-state index >= 15 is 0 Å². The first-order chi connectivity index (χ1) is 8.52. The van der Waals surface area contributed by atoms with Gasteiger partial charge in [0.25, 0.3) is 5.56 Å². The third kappa shape index (κ3) is 2.52. The minimum Gasteiger partial charge on any atom is -0.481 e. The number of carboxylic acids is 1. The number of nitrogens with one attached hydrogen (secondary N) is 2. The molecule has 1 saturated carbocycles. The Hall–Kier alpha value is -1.85. The van der Waals surface area contributed by atoms with Crippen LogP contribution >= 0.6 is 0 Å². The molecular formula is C12H17N3O3. The highest BCUT2D eigenvalue weighted by atomic mass is 16.4. The molecule has 3 N–H and O–H groups in total. The standard InChI is InChI=1S/C12H17N3O3/c1-8-14-9(6-10(16)15-8)13-7-12(11(17)18)4-2-3-5-12/h6H,2-5,7H2,1H3,(H,17,18)(H2,13,14,15,16). The number of H-pyrrole nitrogens is 1. The number of nitrogens with zero attached hydrogens (tertiary/aromatic N) is 1. The van der Waals surface area contributed by atoms with E-state index in [1.807, 2.05) is 0 Å². The van der Waals surface area contributed by atoms with E-state index in [0.717, 1.165) is 12.8 Å². The second-order valence-corrected chi connectivity index (χ2v) is 4.86. The summed E-state index contributed by atoms with van der Waals surface area (Å²) < 4.78 is 0. The summed E-state index contributed by atoms with van der Waals surface area (Å²) in [7, 11) is 0. The zero-order valence-electron chi connectivity index (χ0n) is 10.3. The van der Waals surface area contributed by atoms with Crippen LogP contribution in [-0.4, -0.2) is 27.6 Å². The Morgan fingerprint density at radius 3 is 2.78 bits per heavy atom. The Kier molecular flexibility index (Phi) is 3.36. The molecule has 0 spiro atoms. The fourth-order valence-corrected chi connectivity index (χ4v) is 2.45. The molecule has 18 heavy (non-hydrogen) atoms. The number of hydrogen-bond acceptors (Lipinski definition) is 4. The van der Waals surface area contributed by atoms with E-state index in [-0.39, 0.29) is 5.56 Å². The molecule has 1 fully saturated rings. The third-order valence-corrected chi connectivity index (χ3v) is 3.48. The van der Waals surface area contributed by atoms with Crippen LogP contribution in [0, 0.1) is 12.3 Å². The number of aromatic nitrogens is 2. The van der Waals surface area contributed by atoms with Gasteiger partial charge >= 0.3 is 5.97 Å². The Morgan fingerprint density at radius 2 is 2.22 bits per heavy atom. The molecule has 2 rings (SSSR count). The Balaban J connectivity index is 2.10. The van der Waals surface area contributed by atoms with E-state index in [4.69, 9.17) is 0 Å². The summed E-state index contributed by atoms with van der Waals surface area (Å²) in [5.74, 6) is 0.179. The van der Waals surface area contributed by atoms with E-state index < -0.39 is 11.4 Å². The lowest BCUT2D eigenvalue weighted by Gasteiger charge is -2.24. The molecule has 0 saturated heterocycles. The number of carboxylic acid groups (broad SMARTS) is 1. The van der Waals surface area contributed by atoms with Crippen LogP contribution in [0.1, 0.15) is 31.5 Å². The van der Waals surface area contributed by atoms with Crippen molar-refractivity contribution < 1.29 is 9.90 Å². The summed E-state index contributed by atoms with van der Waals surface area (Å²) in [6.45, 7) is 2.01. The van der Waals surface area contributed by atoms with Gasteiger partial charge in [0, 0.05) is 12.6 Å². The van der Waals surface area contributed by atoms with Gasteiger partial charge in [-0.25, -0.2) is 4.98 Å². The average Bonchev–Trinajstić information content (AvgIpc) is 2.75. The van der Waals surface area contributed by atoms with Crippen molar-refractivity contribution in [1.29, 1.82) is 0 Å². The van der Waals surface area contributed by atoms with Crippen LogP contribution < -0.4 is 10.9 Å². The SMILES string of the molecule is Cc1nc(NCC2(C(=O)O)CCCC2)cc(=O)[nH]1. The Bertz CT molecular complexity index is 504. The third-order valence-electron chi connectivity index (χ3n) is 3.48. The fraction of sp³-hybridized carbons (Fsp3) is 0.583. The van der Waals surface area contributed by atoms with Gasteiger partial charge in [-0.3, -0.25) is 9.59 Å². The van der Waals surface area contributed by atoms with E-state index in [9.17, 15) is 14.7 Å². The molecule has 0 bridgehead atoms. The molecule has 1 aromatic rings. The smallest absolute Gasteiger partial charge is 0.311 e. The molecule has 1 aliphatic carbocycles. The van der Waals surface area contributed by atoms with Crippen LogP contribution in [0.25, 0.3) is 0 Å². The molecule has 0 aromatic carbocycles. The van der Waals surface area contributed by atoms with Crippen molar-refractivity contribution in [3.63, 3.8) is 0 Å². The second kappa shape index (κ2) is 4.80. The maximum Gasteiger partial charge on any atom is 0.311 e. The lowest BCUT2D eigenvalue weighted by Crippen LogP contribution is -2.35. The van der Waals surface area contributed by atoms with Crippen LogP contribution in [-0.2, 0) is 4.79 Å². The van der Waals surface area contributed by atoms with Gasteiger partial charge in [-0.2, -0.15) is 0 Å². The van der Waals surface area contributed by atoms with Crippen molar-refractivity contribution in [3.8, 4) is 0 Å². The minimum atomic E-state index is -0.769. The van der Waals surface area contributed by atoms with E-state index in [1.165, 1.54) is 6.07 Å². The molecule has 0 atom stereocenters. The summed E-state index contributed by atoms with van der Waals surface area (Å²) in [5, 5.41) is 12.3. The monoisotopic (exact) mass is 251 g/mol. The molecule has 98 valence electrons. The summed E-state index contributed by atoms with van der Waals surface area (Å²) in [5.41, 5.74) is -0.946. The predicted molar refractivity (Wildman–Crippen MR) is 66.6 cm³/mol. The highest BCUT2D eigenvalue weighted by Crippen LogP contribution is 2.38. The molecule has 6 heteroatoms. The lowest BCUT2D eigenvalue weighted by molar-refractivity contribution is -0.147. The summed E-state index contributed by atoms with van der Waals surface area (Å²) in [6, 6.07) is 1.34. The van der Waals surface area contributed by atoms with Gasteiger partial charge in [-0.05, 0) is 19.8 Å². The largest absolute Gasteiger partial charge is 0.481 e. The second-order valence-electron chi connectivity index (χ2n) is 4.86. The van der Waals surface area contributed by atoms with E-state index in [1.54, 1.807) is 6.92 Å². The topological polar surface area (TPSA) is 95.1 Å². The maximum atomic E-state index is 11.4. The average molecular weight is 251 g/mol. The van der Waals surface area contributed by atoms with Crippen LogP contribution in [0.15, 0.2) is 10.9 Å². The van der Waals surface area contributed by atoms with E-state index in [0.29, 0.717) is 31.0 Å². The zero-order valence-corrected chi connectivity index (χ0v) is 10.3. The maximum absolute atomic E-state index is 11.4. The normalized spacial score (nSPS) is 17.6. The van der Waals surface area contributed by atoms with Crippen molar-refractivity contribution >= 4 is 11.8 Å². The number of rotatable bonds is 4. The Labute approximate surface area is 104 Å². The van der Waals surface area contributed by atoms with Gasteiger partial charge < -0.3 is 15.4 Å². The van der Waals surface area contributed by atoms with Crippen molar-refractivity contribution in [1.82, 2.24) is 9.97 Å². The molecule has 1 aromatic heterocycles. The van der Waals surface area contributed by atoms with Crippen LogP contribution in [0.5, 0.6) is 0 Å². The van der Waals surface area contributed by atoms with Gasteiger partial charge in [0.05, 0.1) is 5.41 Å². The Morgan fingerprint density at radius 1 is 1.56 bits per heavy atom. The molecule has 0 radical (unpaired) electrons. The molecule has 0 aliphatic heterocycles. The van der Waals surface area contributed by atoms with Gasteiger partial charge in [0.1, 0.15) is 11.6 Å². The highest BCUT2D eigenvalue weighted by molar-refractivity contribution is 5.75. The molecule has 6 nitrogen and oxygen atoms in total. The first-order valence-electron chi connectivity index (χ1n) is 6.07. The van der Waals surface area contributed by atoms with Crippen LogP contribution in [0.2, 0.25) is 0 Å². The number of aliphatic carboxylic acids is 1. The minimum absolute atomic E-state index is 0.235. The van der Waals surface area contributed by atoms with E-state index in [2.05, 4.69) is 15.3 Å². The van der Waals surface area contributed by atoms with Crippen LogP contribution in [0.4, 0.5) is 5.82 Å². The number of carbonyl (C=O) groups is 1. The van der Waals surface area contributed by atoms with Gasteiger partial charge in [-0.1, -0.05) is 12.8 Å². The van der Waals surface area contributed by atoms with Gasteiger partial charge in [0.2, 0.25) is 0 Å². The first kappa shape index (κ1) is 12.6. The first-order valence-corrected chi connectivity index (χ1v) is 6.07. The van der Waals surface area contributed by atoms with Crippen LogP contribution in [0.3, 0.4) is 0 Å². The predicted octanol–water partition coefficient (Wildman–Crippen LogP) is 1.14. The molecule has 1 heterocycles. The number of hydrogen-bond donors (Lipinski definition) is 3. The number of aromatic amines is 1. The molecule has 1 aliphatic rings. The van der Waals surface area contributed by atoms with Crippen molar-refractivity contribution in [2.45, 2.75) is 32.6 Å². The fourth-order valence-electron chi connectivity index (χ4n) is 2.45. The van der Waals surface area contributed by atoms with Gasteiger partial charge in [-0.15, -0.1) is 0 Å². The number of aryl methyl sites for hydroxylation is 1. The highest BCUT2D eigenvalue weighted by Gasteiger charge is 2.41. The summed E-state index contributed by atoms with van der Waals surface area (Å²) in [6.07, 6.45) is 3.24. The molecule has 0 unspecified atom stereocenters. The summed E-state index contributed by atoms with van der Waals surface area (Å²) in [4.78, 5) is 29.3. The van der Waals surface area contributed by atoms with Gasteiger partial charge in [0.15, 0.2) is 0 Å². The van der Waals surface area contributed by atoms with Crippen molar-refractivity contribution in [2.24, 2.45) is 5.41 Å². The molecular weight excluding hydrogens is 234 g/mol. The lowest BCUT2D eigenvalue weighted by atomic mass is 9.86.